The van der Waals surface area contributed by atoms with Gasteiger partial charge in [0.1, 0.15) is 16.9 Å². The number of pyridine rings is 1. The van der Waals surface area contributed by atoms with Crippen LogP contribution in [0.15, 0.2) is 102 Å². The summed E-state index contributed by atoms with van der Waals surface area (Å²) >= 11 is 0. The van der Waals surface area contributed by atoms with Crippen LogP contribution in [0.1, 0.15) is 5.56 Å². The summed E-state index contributed by atoms with van der Waals surface area (Å²) in [6.45, 7) is 0.573. The first-order valence-electron chi connectivity index (χ1n) is 9.44. The molecule has 0 atom stereocenters. The summed E-state index contributed by atoms with van der Waals surface area (Å²) in [4.78, 5) is 4.69. The van der Waals surface area contributed by atoms with E-state index in [0.29, 0.717) is 12.4 Å². The van der Waals surface area contributed by atoms with Crippen molar-refractivity contribution in [1.82, 2.24) is 4.98 Å². The molecule has 0 aliphatic rings. The van der Waals surface area contributed by atoms with Gasteiger partial charge in [-0.1, -0.05) is 48.5 Å². The molecule has 29 heavy (non-hydrogen) atoms. The monoisotopic (exact) mass is 381 g/mol. The second-order valence-electron chi connectivity index (χ2n) is 6.96. The number of hydrogen-bond acceptors (Lipinski definition) is 2. The molecule has 3 nitrogen and oxygen atoms in total. The number of halogens is 1. The summed E-state index contributed by atoms with van der Waals surface area (Å²) in [6.07, 6.45) is 3.91. The third-order valence-corrected chi connectivity index (χ3v) is 4.85. The van der Waals surface area contributed by atoms with Crippen LogP contribution < -0.4 is 4.57 Å². The standard InChI is InChI=1S/C25H18FN2O/c26-22-10-4-6-18(14-22)16-28-13-5-9-21(17-28)25-27-23-15-20(11-12-24(23)29-25)19-7-2-1-3-8-19/h1-15,17H,16H2/q+1. The minimum atomic E-state index is -0.229. The summed E-state index contributed by atoms with van der Waals surface area (Å²) < 4.78 is 21.4. The maximum atomic E-state index is 13.5. The highest BCUT2D eigenvalue weighted by molar-refractivity contribution is 5.82. The van der Waals surface area contributed by atoms with Gasteiger partial charge in [0.05, 0.1) is 0 Å². The van der Waals surface area contributed by atoms with Crippen molar-refractivity contribution in [3.63, 3.8) is 0 Å². The molecule has 0 spiro atoms. The average molecular weight is 381 g/mol. The fourth-order valence-electron chi connectivity index (χ4n) is 3.45. The lowest BCUT2D eigenvalue weighted by Crippen LogP contribution is -2.33. The molecule has 0 unspecified atom stereocenters. The van der Waals surface area contributed by atoms with E-state index in [-0.39, 0.29) is 5.82 Å². The van der Waals surface area contributed by atoms with Gasteiger partial charge in [0.25, 0.3) is 0 Å². The number of nitrogens with zero attached hydrogens (tertiary/aromatic N) is 2. The molecule has 0 aliphatic carbocycles. The first-order valence-corrected chi connectivity index (χ1v) is 9.44. The van der Waals surface area contributed by atoms with E-state index in [9.17, 15) is 4.39 Å². The average Bonchev–Trinajstić information content (AvgIpc) is 3.18. The van der Waals surface area contributed by atoms with Crippen LogP contribution in [0.5, 0.6) is 0 Å². The van der Waals surface area contributed by atoms with Crippen LogP contribution in [-0.2, 0) is 6.54 Å². The summed E-state index contributed by atoms with van der Waals surface area (Å²) in [5.74, 6) is 0.339. The van der Waals surface area contributed by atoms with E-state index in [4.69, 9.17) is 9.40 Å². The van der Waals surface area contributed by atoms with Crippen LogP contribution in [0, 0.1) is 5.82 Å². The number of benzene rings is 3. The third-order valence-electron chi connectivity index (χ3n) is 4.85. The van der Waals surface area contributed by atoms with Crippen molar-refractivity contribution in [2.45, 2.75) is 6.54 Å². The highest BCUT2D eigenvalue weighted by Gasteiger charge is 2.13. The molecule has 140 valence electrons. The number of fused-ring (bicyclic) bond motifs is 1. The third kappa shape index (κ3) is 3.65. The zero-order chi connectivity index (χ0) is 19.6. The molecule has 2 heterocycles. The van der Waals surface area contributed by atoms with Crippen LogP contribution in [0.3, 0.4) is 0 Å². The fourth-order valence-corrected chi connectivity index (χ4v) is 3.45. The Morgan fingerprint density at radius 3 is 2.52 bits per heavy atom. The first kappa shape index (κ1) is 17.3. The van der Waals surface area contributed by atoms with Gasteiger partial charge in [0.2, 0.25) is 5.89 Å². The predicted octanol–water partition coefficient (Wildman–Crippen LogP) is 5.64. The molecule has 0 saturated carbocycles. The van der Waals surface area contributed by atoms with E-state index in [1.54, 1.807) is 12.1 Å². The molecule has 0 fully saturated rings. The Bertz CT molecular complexity index is 1290. The zero-order valence-electron chi connectivity index (χ0n) is 15.6. The van der Waals surface area contributed by atoms with Gasteiger partial charge in [0.15, 0.2) is 24.5 Å². The minimum Gasteiger partial charge on any atom is -0.436 e. The lowest BCUT2D eigenvalue weighted by Gasteiger charge is -1.99. The van der Waals surface area contributed by atoms with Gasteiger partial charge in [-0.05, 0) is 41.5 Å². The van der Waals surface area contributed by atoms with Crippen molar-refractivity contribution < 1.29 is 13.4 Å². The lowest BCUT2D eigenvalue weighted by atomic mass is 10.1. The second kappa shape index (κ2) is 7.32. The Morgan fingerprint density at radius 2 is 1.66 bits per heavy atom. The molecule has 5 rings (SSSR count). The molecule has 0 aliphatic heterocycles. The number of aromatic nitrogens is 2. The summed E-state index contributed by atoms with van der Waals surface area (Å²) in [6, 6.07) is 26.8. The van der Waals surface area contributed by atoms with Crippen LogP contribution in [0.4, 0.5) is 4.39 Å². The molecule has 0 N–H and O–H groups in total. The van der Waals surface area contributed by atoms with Crippen molar-refractivity contribution >= 4 is 11.1 Å². The van der Waals surface area contributed by atoms with Crippen molar-refractivity contribution in [3.05, 3.63) is 109 Å². The first-order chi connectivity index (χ1) is 14.2. The maximum Gasteiger partial charge on any atom is 0.233 e. The Labute approximate surface area is 167 Å². The van der Waals surface area contributed by atoms with Gasteiger partial charge in [-0.25, -0.2) is 9.37 Å². The number of oxazole rings is 1. The smallest absolute Gasteiger partial charge is 0.233 e. The van der Waals surface area contributed by atoms with Crippen LogP contribution in [0.25, 0.3) is 33.7 Å². The Hall–Kier alpha value is -3.79. The van der Waals surface area contributed by atoms with Crippen molar-refractivity contribution in [2.75, 3.05) is 0 Å². The SMILES string of the molecule is Fc1cccc(C[n+]2cccc(-c3nc4cc(-c5ccccc5)ccc4o3)c2)c1. The molecule has 0 radical (unpaired) electrons. The number of hydrogen-bond donors (Lipinski definition) is 0. The summed E-state index contributed by atoms with van der Waals surface area (Å²) in [7, 11) is 0. The Kier molecular flexibility index (Phi) is 4.37. The molecule has 0 saturated heterocycles. The molecule has 0 bridgehead atoms. The van der Waals surface area contributed by atoms with Gasteiger partial charge in [-0.3, -0.25) is 0 Å². The quantitative estimate of drug-likeness (QED) is 0.377. The molecule has 3 aromatic carbocycles. The topological polar surface area (TPSA) is 29.9 Å². The van der Waals surface area contributed by atoms with E-state index >= 15 is 0 Å². The van der Waals surface area contributed by atoms with E-state index in [1.807, 2.05) is 71.6 Å². The lowest BCUT2D eigenvalue weighted by molar-refractivity contribution is -0.687. The van der Waals surface area contributed by atoms with Crippen LogP contribution >= 0.6 is 0 Å². The van der Waals surface area contributed by atoms with Gasteiger partial charge in [0, 0.05) is 11.6 Å². The Balaban J connectivity index is 1.47. The molecular formula is C25H18FN2O+. The van der Waals surface area contributed by atoms with Crippen molar-refractivity contribution in [3.8, 4) is 22.6 Å². The van der Waals surface area contributed by atoms with E-state index < -0.39 is 0 Å². The molecular weight excluding hydrogens is 363 g/mol. The largest absolute Gasteiger partial charge is 0.436 e. The molecule has 2 aromatic heterocycles. The van der Waals surface area contributed by atoms with Gasteiger partial charge in [-0.15, -0.1) is 0 Å². The van der Waals surface area contributed by atoms with Crippen molar-refractivity contribution in [2.24, 2.45) is 0 Å². The highest BCUT2D eigenvalue weighted by Crippen LogP contribution is 2.27. The van der Waals surface area contributed by atoms with E-state index in [2.05, 4.69) is 12.1 Å². The maximum absolute atomic E-state index is 13.5. The molecule has 4 heteroatoms. The molecule has 5 aromatic rings. The minimum absolute atomic E-state index is 0.229. The molecule has 0 amide bonds. The summed E-state index contributed by atoms with van der Waals surface area (Å²) in [5.41, 5.74) is 5.60. The summed E-state index contributed by atoms with van der Waals surface area (Å²) in [5, 5.41) is 0. The second-order valence-corrected chi connectivity index (χ2v) is 6.96. The van der Waals surface area contributed by atoms with Crippen LogP contribution in [0.2, 0.25) is 0 Å². The van der Waals surface area contributed by atoms with Gasteiger partial charge < -0.3 is 4.42 Å². The highest BCUT2D eigenvalue weighted by atomic mass is 19.1. The van der Waals surface area contributed by atoms with E-state index in [0.717, 1.165) is 33.4 Å². The van der Waals surface area contributed by atoms with Crippen LogP contribution in [-0.4, -0.2) is 4.98 Å². The van der Waals surface area contributed by atoms with Gasteiger partial charge >= 0.3 is 0 Å². The van der Waals surface area contributed by atoms with E-state index in [1.165, 1.54) is 6.07 Å². The predicted molar refractivity (Wildman–Crippen MR) is 111 cm³/mol. The Morgan fingerprint density at radius 1 is 0.793 bits per heavy atom. The van der Waals surface area contributed by atoms with Gasteiger partial charge in [-0.2, -0.15) is 4.57 Å². The fraction of sp³-hybridized carbons (Fsp3) is 0.0400. The van der Waals surface area contributed by atoms with Crippen molar-refractivity contribution in [1.29, 1.82) is 0 Å². The zero-order valence-corrected chi connectivity index (χ0v) is 15.6. The number of rotatable bonds is 4. The normalized spacial score (nSPS) is 11.1.